The number of aromatic nitrogens is 1. The Morgan fingerprint density at radius 2 is 1.89 bits per heavy atom. The summed E-state index contributed by atoms with van der Waals surface area (Å²) in [5.41, 5.74) is 1.26. The number of likely N-dealkylation sites (tertiary alicyclic amines) is 1. The molecule has 1 aromatic carbocycles. The second-order valence-electron chi connectivity index (χ2n) is 6.17. The Labute approximate surface area is 155 Å². The highest BCUT2D eigenvalue weighted by molar-refractivity contribution is 6.46. The van der Waals surface area contributed by atoms with Crippen LogP contribution in [0.2, 0.25) is 0 Å². The van der Waals surface area contributed by atoms with Crippen LogP contribution in [0.3, 0.4) is 0 Å². The fourth-order valence-electron chi connectivity index (χ4n) is 3.23. The zero-order valence-electron chi connectivity index (χ0n) is 14.3. The number of hydrogen-bond acceptors (Lipinski definition) is 5. The molecule has 1 aliphatic heterocycles. The number of benzene rings is 1. The Hall–Kier alpha value is -3.67. The van der Waals surface area contributed by atoms with Crippen molar-refractivity contribution in [2.24, 2.45) is 0 Å². The highest BCUT2D eigenvalue weighted by Crippen LogP contribution is 2.40. The first-order valence-electron chi connectivity index (χ1n) is 8.43. The van der Waals surface area contributed by atoms with E-state index in [2.05, 4.69) is 4.98 Å². The molecule has 3 heterocycles. The molecular formula is C21H16N2O4. The van der Waals surface area contributed by atoms with E-state index in [0.29, 0.717) is 11.3 Å². The number of furan rings is 1. The van der Waals surface area contributed by atoms with Gasteiger partial charge in [0.1, 0.15) is 17.6 Å². The van der Waals surface area contributed by atoms with E-state index in [4.69, 9.17) is 4.42 Å². The maximum atomic E-state index is 12.8. The summed E-state index contributed by atoms with van der Waals surface area (Å²) in [7, 11) is 0. The lowest BCUT2D eigenvalue weighted by Gasteiger charge is -2.23. The number of aliphatic hydroxyl groups is 1. The molecule has 1 atom stereocenters. The van der Waals surface area contributed by atoms with Gasteiger partial charge in [-0.3, -0.25) is 14.6 Å². The van der Waals surface area contributed by atoms with Gasteiger partial charge in [0.25, 0.3) is 11.7 Å². The molecule has 0 bridgehead atoms. The summed E-state index contributed by atoms with van der Waals surface area (Å²) in [6.45, 7) is 0.176. The SMILES string of the molecule is O=C1C(=O)N(Cc2cccnc2)C(c2ccco2)/C1=C(/O)c1ccccc1. The van der Waals surface area contributed by atoms with Crippen molar-refractivity contribution in [2.45, 2.75) is 12.6 Å². The van der Waals surface area contributed by atoms with Crippen LogP contribution in [0.4, 0.5) is 0 Å². The zero-order valence-corrected chi connectivity index (χ0v) is 14.3. The topological polar surface area (TPSA) is 83.6 Å². The maximum Gasteiger partial charge on any atom is 0.296 e. The van der Waals surface area contributed by atoms with Crippen LogP contribution in [0.25, 0.3) is 5.76 Å². The minimum absolute atomic E-state index is 0.0186. The normalized spacial score (nSPS) is 18.8. The molecule has 1 N–H and O–H groups in total. The summed E-state index contributed by atoms with van der Waals surface area (Å²) >= 11 is 0. The van der Waals surface area contributed by atoms with Crippen LogP contribution < -0.4 is 0 Å². The van der Waals surface area contributed by atoms with Crippen molar-refractivity contribution in [3.63, 3.8) is 0 Å². The van der Waals surface area contributed by atoms with Crippen molar-refractivity contribution in [3.8, 4) is 0 Å². The zero-order chi connectivity index (χ0) is 18.8. The van der Waals surface area contributed by atoms with Gasteiger partial charge >= 0.3 is 0 Å². The number of carbonyl (C=O) groups is 2. The summed E-state index contributed by atoms with van der Waals surface area (Å²) < 4.78 is 5.49. The van der Waals surface area contributed by atoms with Gasteiger partial charge in [-0.15, -0.1) is 0 Å². The molecule has 1 aliphatic rings. The molecule has 1 amide bonds. The Kier molecular flexibility index (Phi) is 4.30. The van der Waals surface area contributed by atoms with E-state index in [9.17, 15) is 14.7 Å². The van der Waals surface area contributed by atoms with Gasteiger partial charge in [-0.2, -0.15) is 0 Å². The van der Waals surface area contributed by atoms with Gasteiger partial charge in [0, 0.05) is 24.5 Å². The molecule has 6 heteroatoms. The number of ketones is 1. The fourth-order valence-corrected chi connectivity index (χ4v) is 3.23. The molecule has 134 valence electrons. The van der Waals surface area contributed by atoms with Crippen molar-refractivity contribution in [1.29, 1.82) is 0 Å². The fraction of sp³-hybridized carbons (Fsp3) is 0.0952. The Morgan fingerprint density at radius 3 is 2.56 bits per heavy atom. The van der Waals surface area contributed by atoms with Crippen LogP contribution in [0.1, 0.15) is 22.9 Å². The number of Topliss-reactive ketones (excluding diaryl/α,β-unsaturated/α-hetero) is 1. The molecular weight excluding hydrogens is 344 g/mol. The van der Waals surface area contributed by atoms with Gasteiger partial charge in [-0.05, 0) is 23.8 Å². The molecule has 6 nitrogen and oxygen atoms in total. The Bertz CT molecular complexity index is 995. The molecule has 0 spiro atoms. The number of aliphatic hydroxyl groups excluding tert-OH is 1. The van der Waals surface area contributed by atoms with Crippen molar-refractivity contribution in [1.82, 2.24) is 9.88 Å². The first-order chi connectivity index (χ1) is 13.2. The van der Waals surface area contributed by atoms with E-state index >= 15 is 0 Å². The van der Waals surface area contributed by atoms with E-state index in [0.717, 1.165) is 5.56 Å². The van der Waals surface area contributed by atoms with Crippen LogP contribution in [-0.4, -0.2) is 26.7 Å². The lowest BCUT2D eigenvalue weighted by molar-refractivity contribution is -0.140. The number of amides is 1. The lowest BCUT2D eigenvalue weighted by atomic mass is 9.99. The first-order valence-corrected chi connectivity index (χ1v) is 8.43. The van der Waals surface area contributed by atoms with E-state index in [1.165, 1.54) is 11.2 Å². The van der Waals surface area contributed by atoms with Crippen LogP contribution in [-0.2, 0) is 16.1 Å². The number of pyridine rings is 1. The van der Waals surface area contributed by atoms with Gasteiger partial charge in [-0.25, -0.2) is 0 Å². The molecule has 0 radical (unpaired) electrons. The van der Waals surface area contributed by atoms with Crippen LogP contribution in [0.5, 0.6) is 0 Å². The molecule has 27 heavy (non-hydrogen) atoms. The maximum absolute atomic E-state index is 12.8. The number of hydrogen-bond donors (Lipinski definition) is 1. The minimum Gasteiger partial charge on any atom is -0.507 e. The third-order valence-corrected chi connectivity index (χ3v) is 4.48. The third kappa shape index (κ3) is 3.01. The summed E-state index contributed by atoms with van der Waals surface area (Å²) in [6.07, 6.45) is 4.74. The first kappa shape index (κ1) is 16.8. The summed E-state index contributed by atoms with van der Waals surface area (Å²) in [5.74, 6) is -1.22. The predicted octanol–water partition coefficient (Wildman–Crippen LogP) is 3.30. The third-order valence-electron chi connectivity index (χ3n) is 4.48. The summed E-state index contributed by atoms with van der Waals surface area (Å²) in [4.78, 5) is 30.9. The summed E-state index contributed by atoms with van der Waals surface area (Å²) in [5, 5.41) is 10.8. The molecule has 0 saturated carbocycles. The highest BCUT2D eigenvalue weighted by Gasteiger charge is 2.47. The number of rotatable bonds is 4. The van der Waals surface area contributed by atoms with Gasteiger partial charge < -0.3 is 14.4 Å². The van der Waals surface area contributed by atoms with Crippen LogP contribution in [0.15, 0.2) is 83.2 Å². The molecule has 4 rings (SSSR count). The molecule has 1 fully saturated rings. The number of carbonyl (C=O) groups excluding carboxylic acids is 2. The highest BCUT2D eigenvalue weighted by atomic mass is 16.3. The van der Waals surface area contributed by atoms with E-state index in [1.54, 1.807) is 54.9 Å². The number of nitrogens with zero attached hydrogens (tertiary/aromatic N) is 2. The second kappa shape index (κ2) is 6.92. The van der Waals surface area contributed by atoms with Gasteiger partial charge in [0.15, 0.2) is 0 Å². The lowest BCUT2D eigenvalue weighted by Crippen LogP contribution is -2.29. The van der Waals surface area contributed by atoms with Crippen LogP contribution in [0, 0.1) is 0 Å². The average molecular weight is 360 g/mol. The van der Waals surface area contributed by atoms with Crippen molar-refractivity contribution >= 4 is 17.4 Å². The minimum atomic E-state index is -0.805. The van der Waals surface area contributed by atoms with Crippen LogP contribution >= 0.6 is 0 Å². The molecule has 1 saturated heterocycles. The standard InChI is InChI=1S/C21H16N2O4/c24-19(15-7-2-1-3-8-15)17-18(16-9-5-11-27-16)23(21(26)20(17)25)13-14-6-4-10-22-12-14/h1-12,18,24H,13H2/b19-17-. The van der Waals surface area contributed by atoms with E-state index < -0.39 is 17.7 Å². The van der Waals surface area contributed by atoms with Crippen molar-refractivity contribution in [2.75, 3.05) is 0 Å². The molecule has 0 aliphatic carbocycles. The Morgan fingerprint density at radius 1 is 1.07 bits per heavy atom. The van der Waals surface area contributed by atoms with Crippen molar-refractivity contribution < 1.29 is 19.1 Å². The van der Waals surface area contributed by atoms with Crippen molar-refractivity contribution in [3.05, 3.63) is 95.7 Å². The van der Waals surface area contributed by atoms with Gasteiger partial charge in [-0.1, -0.05) is 36.4 Å². The van der Waals surface area contributed by atoms with E-state index in [1.807, 2.05) is 12.1 Å². The quantitative estimate of drug-likeness (QED) is 0.438. The average Bonchev–Trinajstić information content (AvgIpc) is 3.32. The predicted molar refractivity (Wildman–Crippen MR) is 97.2 cm³/mol. The summed E-state index contributed by atoms with van der Waals surface area (Å²) in [6, 6.07) is 14.8. The smallest absolute Gasteiger partial charge is 0.296 e. The molecule has 1 unspecified atom stereocenters. The van der Waals surface area contributed by atoms with Gasteiger partial charge in [0.2, 0.25) is 0 Å². The second-order valence-corrected chi connectivity index (χ2v) is 6.17. The monoisotopic (exact) mass is 360 g/mol. The van der Waals surface area contributed by atoms with Gasteiger partial charge in [0.05, 0.1) is 11.8 Å². The Balaban J connectivity index is 1.83. The van der Waals surface area contributed by atoms with E-state index in [-0.39, 0.29) is 17.9 Å². The molecule has 2 aromatic heterocycles. The molecule has 3 aromatic rings. The largest absolute Gasteiger partial charge is 0.507 e.